The first-order valence-corrected chi connectivity index (χ1v) is 8.06. The normalized spacial score (nSPS) is 10.5. The Balaban J connectivity index is 2.02. The van der Waals surface area contributed by atoms with E-state index in [1.807, 2.05) is 36.4 Å². The van der Waals surface area contributed by atoms with Gasteiger partial charge in [0.1, 0.15) is 0 Å². The molecule has 0 saturated heterocycles. The number of carboxylic acids is 1. The standard InChI is InChI=1S/C20H16ClNO3/c1-25-19-18(15-6-4-7-16(21)11-15)10-13(12-22-19)9-14-5-2-3-8-17(14)20(23)24/h2-8,10-12H,9H2,1H3,(H,23,24). The van der Waals surface area contributed by atoms with Gasteiger partial charge in [-0.15, -0.1) is 0 Å². The number of carbonyl (C=O) groups is 1. The summed E-state index contributed by atoms with van der Waals surface area (Å²) >= 11 is 6.09. The van der Waals surface area contributed by atoms with Crippen LogP contribution in [0.5, 0.6) is 5.88 Å². The predicted molar refractivity (Wildman–Crippen MR) is 97.4 cm³/mol. The molecular formula is C20H16ClNO3. The van der Waals surface area contributed by atoms with E-state index in [0.29, 0.717) is 22.9 Å². The maximum absolute atomic E-state index is 11.4. The zero-order valence-corrected chi connectivity index (χ0v) is 14.3. The quantitative estimate of drug-likeness (QED) is 0.722. The summed E-state index contributed by atoms with van der Waals surface area (Å²) in [6, 6.07) is 16.4. The number of carboxylic acid groups (broad SMARTS) is 1. The molecule has 0 radical (unpaired) electrons. The van der Waals surface area contributed by atoms with Crippen molar-refractivity contribution in [2.24, 2.45) is 0 Å². The topological polar surface area (TPSA) is 59.4 Å². The molecule has 0 aliphatic rings. The molecule has 0 unspecified atom stereocenters. The Bertz CT molecular complexity index is 924. The Morgan fingerprint density at radius 2 is 1.96 bits per heavy atom. The Kier molecular flexibility index (Phi) is 5.00. The monoisotopic (exact) mass is 353 g/mol. The van der Waals surface area contributed by atoms with Crippen molar-refractivity contribution < 1.29 is 14.6 Å². The van der Waals surface area contributed by atoms with Crippen molar-refractivity contribution >= 4 is 17.6 Å². The summed E-state index contributed by atoms with van der Waals surface area (Å²) in [5.41, 5.74) is 3.63. The van der Waals surface area contributed by atoms with Gasteiger partial charge in [0.25, 0.3) is 0 Å². The SMILES string of the molecule is COc1ncc(Cc2ccccc2C(=O)O)cc1-c1cccc(Cl)c1. The van der Waals surface area contributed by atoms with Crippen molar-refractivity contribution in [1.29, 1.82) is 0 Å². The van der Waals surface area contributed by atoms with Crippen LogP contribution in [-0.4, -0.2) is 23.2 Å². The molecule has 0 aliphatic carbocycles. The molecule has 3 rings (SSSR count). The largest absolute Gasteiger partial charge is 0.481 e. The van der Waals surface area contributed by atoms with E-state index in [-0.39, 0.29) is 0 Å². The van der Waals surface area contributed by atoms with Gasteiger partial charge in [0.05, 0.1) is 12.7 Å². The molecule has 25 heavy (non-hydrogen) atoms. The Labute approximate surface area is 150 Å². The number of hydrogen-bond donors (Lipinski definition) is 1. The molecule has 1 aromatic heterocycles. The molecule has 1 heterocycles. The number of benzene rings is 2. The summed E-state index contributed by atoms with van der Waals surface area (Å²) in [7, 11) is 1.57. The highest BCUT2D eigenvalue weighted by Crippen LogP contribution is 2.31. The van der Waals surface area contributed by atoms with Crippen LogP contribution >= 0.6 is 11.6 Å². The van der Waals surface area contributed by atoms with Gasteiger partial charge < -0.3 is 9.84 Å². The van der Waals surface area contributed by atoms with Crippen LogP contribution in [0.15, 0.2) is 60.8 Å². The summed E-state index contributed by atoms with van der Waals surface area (Å²) in [4.78, 5) is 15.7. The molecule has 0 bridgehead atoms. The fraction of sp³-hybridized carbons (Fsp3) is 0.100. The van der Waals surface area contributed by atoms with E-state index in [0.717, 1.165) is 22.3 Å². The number of aromatic nitrogens is 1. The second-order valence-corrected chi connectivity index (χ2v) is 5.99. The Morgan fingerprint density at radius 3 is 2.68 bits per heavy atom. The molecule has 0 atom stereocenters. The van der Waals surface area contributed by atoms with Crippen molar-refractivity contribution in [3.8, 4) is 17.0 Å². The number of ether oxygens (including phenoxy) is 1. The average Bonchev–Trinajstić information content (AvgIpc) is 2.62. The van der Waals surface area contributed by atoms with Gasteiger partial charge in [0.15, 0.2) is 0 Å². The molecule has 126 valence electrons. The fourth-order valence-electron chi connectivity index (χ4n) is 2.72. The van der Waals surface area contributed by atoms with Crippen molar-refractivity contribution in [2.75, 3.05) is 7.11 Å². The van der Waals surface area contributed by atoms with Crippen LogP contribution < -0.4 is 4.74 Å². The van der Waals surface area contributed by atoms with Crippen LogP contribution in [0.1, 0.15) is 21.5 Å². The number of hydrogen-bond acceptors (Lipinski definition) is 3. The molecule has 0 fully saturated rings. The first-order chi connectivity index (χ1) is 12.1. The lowest BCUT2D eigenvalue weighted by atomic mass is 9.98. The lowest BCUT2D eigenvalue weighted by Gasteiger charge is -2.11. The van der Waals surface area contributed by atoms with E-state index in [2.05, 4.69) is 4.98 Å². The van der Waals surface area contributed by atoms with Gasteiger partial charge in [0.2, 0.25) is 5.88 Å². The first-order valence-electron chi connectivity index (χ1n) is 7.68. The third-order valence-corrected chi connectivity index (χ3v) is 4.11. The zero-order chi connectivity index (χ0) is 17.8. The van der Waals surface area contributed by atoms with E-state index < -0.39 is 5.97 Å². The van der Waals surface area contributed by atoms with Gasteiger partial charge >= 0.3 is 5.97 Å². The predicted octanol–water partition coefficient (Wildman–Crippen LogP) is 4.70. The van der Waals surface area contributed by atoms with E-state index in [1.165, 1.54) is 0 Å². The summed E-state index contributed by atoms with van der Waals surface area (Å²) in [5.74, 6) is -0.440. The minimum absolute atomic E-state index is 0.294. The number of nitrogens with zero attached hydrogens (tertiary/aromatic N) is 1. The number of rotatable bonds is 5. The highest BCUT2D eigenvalue weighted by molar-refractivity contribution is 6.30. The smallest absolute Gasteiger partial charge is 0.335 e. The molecule has 5 heteroatoms. The summed E-state index contributed by atoms with van der Waals surface area (Å²) in [6.07, 6.45) is 2.17. The second kappa shape index (κ2) is 7.36. The fourth-order valence-corrected chi connectivity index (χ4v) is 2.91. The van der Waals surface area contributed by atoms with E-state index >= 15 is 0 Å². The van der Waals surface area contributed by atoms with E-state index in [9.17, 15) is 9.90 Å². The minimum atomic E-state index is -0.938. The number of aromatic carboxylic acids is 1. The number of pyridine rings is 1. The third kappa shape index (κ3) is 3.80. The second-order valence-electron chi connectivity index (χ2n) is 5.55. The van der Waals surface area contributed by atoms with Crippen LogP contribution in [-0.2, 0) is 6.42 Å². The Morgan fingerprint density at radius 1 is 1.16 bits per heavy atom. The summed E-state index contributed by atoms with van der Waals surface area (Å²) in [6.45, 7) is 0. The van der Waals surface area contributed by atoms with Crippen LogP contribution in [0.2, 0.25) is 5.02 Å². The highest BCUT2D eigenvalue weighted by Gasteiger charge is 2.13. The van der Waals surface area contributed by atoms with Gasteiger partial charge in [-0.2, -0.15) is 0 Å². The Hall–Kier alpha value is -2.85. The van der Waals surface area contributed by atoms with E-state index in [1.54, 1.807) is 31.5 Å². The highest BCUT2D eigenvalue weighted by atomic mass is 35.5. The van der Waals surface area contributed by atoms with Gasteiger partial charge in [0, 0.05) is 16.8 Å². The van der Waals surface area contributed by atoms with Crippen molar-refractivity contribution in [1.82, 2.24) is 4.98 Å². The molecule has 0 spiro atoms. The molecule has 0 aliphatic heterocycles. The van der Waals surface area contributed by atoms with Crippen molar-refractivity contribution in [3.05, 3.63) is 82.5 Å². The molecular weight excluding hydrogens is 338 g/mol. The number of halogens is 1. The lowest BCUT2D eigenvalue weighted by Crippen LogP contribution is -2.03. The molecule has 3 aromatic rings. The molecule has 2 aromatic carbocycles. The first kappa shape index (κ1) is 17.0. The molecule has 0 saturated carbocycles. The molecule has 4 nitrogen and oxygen atoms in total. The summed E-state index contributed by atoms with van der Waals surface area (Å²) in [5, 5.41) is 9.96. The minimum Gasteiger partial charge on any atom is -0.481 e. The maximum atomic E-state index is 11.4. The molecule has 0 amide bonds. The van der Waals surface area contributed by atoms with Crippen molar-refractivity contribution in [2.45, 2.75) is 6.42 Å². The van der Waals surface area contributed by atoms with E-state index in [4.69, 9.17) is 16.3 Å². The molecule has 1 N–H and O–H groups in total. The van der Waals surface area contributed by atoms with Crippen LogP contribution in [0, 0.1) is 0 Å². The van der Waals surface area contributed by atoms with Crippen molar-refractivity contribution in [3.63, 3.8) is 0 Å². The lowest BCUT2D eigenvalue weighted by molar-refractivity contribution is 0.0696. The van der Waals surface area contributed by atoms with Crippen LogP contribution in [0.4, 0.5) is 0 Å². The van der Waals surface area contributed by atoms with Gasteiger partial charge in [-0.3, -0.25) is 0 Å². The zero-order valence-electron chi connectivity index (χ0n) is 13.6. The third-order valence-electron chi connectivity index (χ3n) is 3.88. The van der Waals surface area contributed by atoms with Gasteiger partial charge in [-0.1, -0.05) is 41.9 Å². The van der Waals surface area contributed by atoms with Gasteiger partial charge in [-0.05, 0) is 47.4 Å². The average molecular weight is 354 g/mol. The van der Waals surface area contributed by atoms with Gasteiger partial charge in [-0.25, -0.2) is 9.78 Å². The maximum Gasteiger partial charge on any atom is 0.335 e. The van der Waals surface area contributed by atoms with Crippen LogP contribution in [0.25, 0.3) is 11.1 Å². The van der Waals surface area contributed by atoms with Crippen LogP contribution in [0.3, 0.4) is 0 Å². The summed E-state index contributed by atoms with van der Waals surface area (Å²) < 4.78 is 5.36. The number of methoxy groups -OCH3 is 1.